The maximum absolute atomic E-state index is 11.2. The van der Waals surface area contributed by atoms with Crippen LogP contribution in [0.15, 0.2) is 0 Å². The summed E-state index contributed by atoms with van der Waals surface area (Å²) in [5, 5.41) is 11.2. The third-order valence-corrected chi connectivity index (χ3v) is 6.20. The Morgan fingerprint density at radius 3 is 2.58 bits per heavy atom. The molecule has 2 aliphatic carbocycles. The maximum Gasteiger partial charge on any atom is 0.0818 e. The van der Waals surface area contributed by atoms with E-state index in [1.807, 2.05) is 0 Å². The van der Waals surface area contributed by atoms with Gasteiger partial charge in [-0.3, -0.25) is 4.90 Å². The van der Waals surface area contributed by atoms with Crippen molar-refractivity contribution in [2.75, 3.05) is 13.2 Å². The van der Waals surface area contributed by atoms with Crippen LogP contribution < -0.4 is 0 Å². The average Bonchev–Trinajstić information content (AvgIpc) is 3.14. The van der Waals surface area contributed by atoms with Crippen LogP contribution in [0.4, 0.5) is 0 Å². The Morgan fingerprint density at radius 1 is 1.16 bits per heavy atom. The van der Waals surface area contributed by atoms with E-state index in [1.165, 1.54) is 32.1 Å². The van der Waals surface area contributed by atoms with Crippen molar-refractivity contribution in [3.05, 3.63) is 0 Å². The fourth-order valence-corrected chi connectivity index (χ4v) is 4.76. The van der Waals surface area contributed by atoms with Gasteiger partial charge >= 0.3 is 0 Å². The molecule has 1 N–H and O–H groups in total. The van der Waals surface area contributed by atoms with Crippen LogP contribution in [-0.2, 0) is 4.74 Å². The molecule has 0 bridgehead atoms. The smallest absolute Gasteiger partial charge is 0.0818 e. The lowest BCUT2D eigenvalue weighted by Crippen LogP contribution is -2.52. The van der Waals surface area contributed by atoms with Crippen molar-refractivity contribution >= 4 is 0 Å². The molecule has 2 aliphatic heterocycles. The second kappa shape index (κ2) is 4.19. The zero-order valence-electron chi connectivity index (χ0n) is 12.1. The fourth-order valence-electron chi connectivity index (χ4n) is 4.76. The molecule has 4 fully saturated rings. The molecule has 108 valence electrons. The molecule has 3 atom stereocenters. The molecule has 2 saturated carbocycles. The highest BCUT2D eigenvalue weighted by atomic mass is 16.5. The largest absolute Gasteiger partial charge is 0.388 e. The van der Waals surface area contributed by atoms with Gasteiger partial charge in [0.05, 0.1) is 11.2 Å². The third-order valence-electron chi connectivity index (χ3n) is 6.20. The van der Waals surface area contributed by atoms with Crippen molar-refractivity contribution in [3.63, 3.8) is 0 Å². The molecule has 3 heteroatoms. The van der Waals surface area contributed by atoms with E-state index in [0.717, 1.165) is 38.5 Å². The van der Waals surface area contributed by atoms with E-state index in [2.05, 4.69) is 11.8 Å². The van der Waals surface area contributed by atoms with Crippen LogP contribution in [-0.4, -0.2) is 46.4 Å². The minimum Gasteiger partial charge on any atom is -0.388 e. The van der Waals surface area contributed by atoms with Crippen LogP contribution >= 0.6 is 0 Å². The van der Waals surface area contributed by atoms with Crippen LogP contribution in [0.5, 0.6) is 0 Å². The zero-order valence-corrected chi connectivity index (χ0v) is 12.1. The number of hydrogen-bond acceptors (Lipinski definition) is 3. The van der Waals surface area contributed by atoms with Gasteiger partial charge in [-0.05, 0) is 64.2 Å². The second-order valence-corrected chi connectivity index (χ2v) is 7.63. The number of likely N-dealkylation sites (tertiary alicyclic amines) is 1. The van der Waals surface area contributed by atoms with Crippen LogP contribution in [0.25, 0.3) is 0 Å². The van der Waals surface area contributed by atoms with Gasteiger partial charge in [0.15, 0.2) is 0 Å². The summed E-state index contributed by atoms with van der Waals surface area (Å²) in [4.78, 5) is 2.57. The SMILES string of the molecule is CC1CC(O)(C2CCOC3(CCC3)C2)CN1C1CC1. The van der Waals surface area contributed by atoms with E-state index in [0.29, 0.717) is 12.0 Å². The van der Waals surface area contributed by atoms with E-state index in [-0.39, 0.29) is 5.60 Å². The quantitative estimate of drug-likeness (QED) is 0.832. The topological polar surface area (TPSA) is 32.7 Å². The lowest BCUT2D eigenvalue weighted by atomic mass is 9.67. The number of aliphatic hydroxyl groups is 1. The lowest BCUT2D eigenvalue weighted by molar-refractivity contribution is -0.173. The summed E-state index contributed by atoms with van der Waals surface area (Å²) in [6.07, 6.45) is 9.59. The van der Waals surface area contributed by atoms with Crippen LogP contribution in [0.1, 0.15) is 58.3 Å². The van der Waals surface area contributed by atoms with Crippen molar-refractivity contribution in [2.45, 2.75) is 81.6 Å². The van der Waals surface area contributed by atoms with Crippen molar-refractivity contribution in [3.8, 4) is 0 Å². The molecule has 2 saturated heterocycles. The minimum absolute atomic E-state index is 0.162. The van der Waals surface area contributed by atoms with Gasteiger partial charge in [-0.25, -0.2) is 0 Å². The lowest BCUT2D eigenvalue weighted by Gasteiger charge is -2.50. The van der Waals surface area contributed by atoms with Crippen molar-refractivity contribution in [1.82, 2.24) is 4.90 Å². The van der Waals surface area contributed by atoms with E-state index < -0.39 is 5.60 Å². The van der Waals surface area contributed by atoms with Gasteiger partial charge in [-0.2, -0.15) is 0 Å². The van der Waals surface area contributed by atoms with Crippen LogP contribution in [0.3, 0.4) is 0 Å². The van der Waals surface area contributed by atoms with E-state index in [4.69, 9.17) is 4.74 Å². The average molecular weight is 265 g/mol. The molecular formula is C16H27NO2. The van der Waals surface area contributed by atoms with Gasteiger partial charge in [-0.1, -0.05) is 0 Å². The van der Waals surface area contributed by atoms with Crippen molar-refractivity contribution in [1.29, 1.82) is 0 Å². The standard InChI is InChI=1S/C16H27NO2/c1-12-9-16(18,11-17(12)14-3-4-14)13-5-8-19-15(10-13)6-2-7-15/h12-14,18H,2-11H2,1H3. The number of ether oxygens (including phenoxy) is 1. The Hall–Kier alpha value is -0.120. The number of β-amino-alcohol motifs (C(OH)–C–C–N with tert-alkyl or cyclic N) is 1. The van der Waals surface area contributed by atoms with E-state index >= 15 is 0 Å². The van der Waals surface area contributed by atoms with Gasteiger partial charge in [0.2, 0.25) is 0 Å². The van der Waals surface area contributed by atoms with E-state index in [9.17, 15) is 5.11 Å². The molecule has 0 aromatic heterocycles. The van der Waals surface area contributed by atoms with Crippen LogP contribution in [0.2, 0.25) is 0 Å². The Bertz CT molecular complexity index is 364. The molecule has 0 radical (unpaired) electrons. The third kappa shape index (κ3) is 2.05. The first-order chi connectivity index (χ1) is 9.10. The van der Waals surface area contributed by atoms with E-state index in [1.54, 1.807) is 0 Å². The summed E-state index contributed by atoms with van der Waals surface area (Å²) in [5.74, 6) is 0.466. The number of hydrogen-bond donors (Lipinski definition) is 1. The summed E-state index contributed by atoms with van der Waals surface area (Å²) < 4.78 is 6.02. The minimum atomic E-state index is -0.436. The summed E-state index contributed by atoms with van der Waals surface area (Å²) in [7, 11) is 0. The van der Waals surface area contributed by atoms with Gasteiger partial charge in [-0.15, -0.1) is 0 Å². The van der Waals surface area contributed by atoms with Gasteiger partial charge in [0.1, 0.15) is 0 Å². The first kappa shape index (κ1) is 12.6. The molecule has 19 heavy (non-hydrogen) atoms. The Balaban J connectivity index is 1.48. The van der Waals surface area contributed by atoms with Gasteiger partial charge < -0.3 is 9.84 Å². The van der Waals surface area contributed by atoms with Gasteiger partial charge in [0.25, 0.3) is 0 Å². The molecule has 4 rings (SSSR count). The molecule has 0 aromatic rings. The fraction of sp³-hybridized carbons (Fsp3) is 1.00. The Labute approximate surface area is 116 Å². The predicted molar refractivity (Wildman–Crippen MR) is 74.0 cm³/mol. The van der Waals surface area contributed by atoms with Crippen molar-refractivity contribution in [2.24, 2.45) is 5.92 Å². The maximum atomic E-state index is 11.2. The summed E-state index contributed by atoms with van der Waals surface area (Å²) in [6, 6.07) is 1.35. The molecule has 0 aromatic carbocycles. The Morgan fingerprint density at radius 2 is 1.95 bits per heavy atom. The monoisotopic (exact) mass is 265 g/mol. The summed E-state index contributed by atoms with van der Waals surface area (Å²) in [6.45, 7) is 4.08. The molecule has 2 heterocycles. The van der Waals surface area contributed by atoms with Crippen LogP contribution in [0, 0.1) is 5.92 Å². The molecular weight excluding hydrogens is 238 g/mol. The summed E-state index contributed by atoms with van der Waals surface area (Å²) >= 11 is 0. The predicted octanol–water partition coefficient (Wildman–Crippen LogP) is 2.32. The number of nitrogens with zero attached hydrogens (tertiary/aromatic N) is 1. The molecule has 4 aliphatic rings. The molecule has 3 nitrogen and oxygen atoms in total. The highest BCUT2D eigenvalue weighted by molar-refractivity contribution is 5.07. The molecule has 3 unspecified atom stereocenters. The second-order valence-electron chi connectivity index (χ2n) is 7.63. The molecule has 1 spiro atoms. The highest BCUT2D eigenvalue weighted by Gasteiger charge is 2.53. The van der Waals surface area contributed by atoms with Gasteiger partial charge in [0, 0.05) is 25.2 Å². The zero-order chi connectivity index (χ0) is 13.1. The highest BCUT2D eigenvalue weighted by Crippen LogP contribution is 2.50. The summed E-state index contributed by atoms with van der Waals surface area (Å²) in [5.41, 5.74) is -0.275. The number of rotatable bonds is 2. The molecule has 0 amide bonds. The first-order valence-corrected chi connectivity index (χ1v) is 8.22. The normalized spacial score (nSPS) is 46.4. The van der Waals surface area contributed by atoms with Crippen molar-refractivity contribution < 1.29 is 9.84 Å². The Kier molecular flexibility index (Phi) is 2.78. The first-order valence-electron chi connectivity index (χ1n) is 8.22.